The van der Waals surface area contributed by atoms with E-state index in [4.69, 9.17) is 16.3 Å². The fourth-order valence-corrected chi connectivity index (χ4v) is 2.01. The first-order valence-corrected chi connectivity index (χ1v) is 6.41. The fourth-order valence-electron chi connectivity index (χ4n) is 1.75. The van der Waals surface area contributed by atoms with Gasteiger partial charge in [0.2, 0.25) is 0 Å². The summed E-state index contributed by atoms with van der Waals surface area (Å²) in [4.78, 5) is 19.7. The quantitative estimate of drug-likeness (QED) is 0.918. The van der Waals surface area contributed by atoms with Gasteiger partial charge in [0.05, 0.1) is 6.20 Å². The van der Waals surface area contributed by atoms with Gasteiger partial charge in [0.15, 0.2) is 0 Å². The highest BCUT2D eigenvalue weighted by atomic mass is 35.5. The van der Waals surface area contributed by atoms with Gasteiger partial charge in [-0.05, 0) is 6.07 Å². The van der Waals surface area contributed by atoms with E-state index in [1.165, 1.54) is 18.6 Å². The molecule has 1 aromatic carbocycles. The standard InChI is InChI=1S/C14H14ClN3O2/c1-20-13(10-4-2-3-5-11(10)15)9-18-14(19)12-8-16-6-7-17-12/h2-8,13H,9H2,1H3,(H,18,19). The molecular weight excluding hydrogens is 278 g/mol. The Morgan fingerprint density at radius 1 is 1.40 bits per heavy atom. The van der Waals surface area contributed by atoms with Gasteiger partial charge in [-0.1, -0.05) is 29.8 Å². The molecule has 2 aromatic rings. The van der Waals surface area contributed by atoms with Crippen molar-refractivity contribution < 1.29 is 9.53 Å². The van der Waals surface area contributed by atoms with Crippen LogP contribution in [0.1, 0.15) is 22.2 Å². The Hall–Kier alpha value is -1.98. The molecule has 1 heterocycles. The molecule has 0 aliphatic carbocycles. The molecule has 0 radical (unpaired) electrons. The van der Waals surface area contributed by atoms with Crippen molar-refractivity contribution in [2.75, 3.05) is 13.7 Å². The lowest BCUT2D eigenvalue weighted by Crippen LogP contribution is -2.29. The highest BCUT2D eigenvalue weighted by molar-refractivity contribution is 6.31. The highest BCUT2D eigenvalue weighted by Gasteiger charge is 2.15. The molecule has 0 saturated heterocycles. The average Bonchev–Trinajstić information content (AvgIpc) is 2.50. The minimum absolute atomic E-state index is 0.265. The molecule has 0 spiro atoms. The van der Waals surface area contributed by atoms with E-state index in [-0.39, 0.29) is 17.7 Å². The van der Waals surface area contributed by atoms with Crippen LogP contribution in [0.4, 0.5) is 0 Å². The lowest BCUT2D eigenvalue weighted by molar-refractivity contribution is 0.0824. The largest absolute Gasteiger partial charge is 0.375 e. The smallest absolute Gasteiger partial charge is 0.271 e. The number of amides is 1. The molecule has 1 amide bonds. The third-order valence-electron chi connectivity index (χ3n) is 2.78. The van der Waals surface area contributed by atoms with Gasteiger partial charge in [-0.25, -0.2) is 4.98 Å². The van der Waals surface area contributed by atoms with Crippen LogP contribution >= 0.6 is 11.6 Å². The van der Waals surface area contributed by atoms with Crippen molar-refractivity contribution in [2.24, 2.45) is 0 Å². The minimum Gasteiger partial charge on any atom is -0.375 e. The molecule has 1 unspecified atom stereocenters. The third kappa shape index (κ3) is 3.53. The molecule has 0 bridgehead atoms. The summed E-state index contributed by atoms with van der Waals surface area (Å²) in [7, 11) is 1.57. The molecule has 0 aliphatic rings. The molecule has 6 heteroatoms. The van der Waals surface area contributed by atoms with Crippen LogP contribution in [0, 0.1) is 0 Å². The molecule has 5 nitrogen and oxygen atoms in total. The van der Waals surface area contributed by atoms with Crippen LogP contribution in [0.15, 0.2) is 42.9 Å². The second-order valence-corrected chi connectivity index (χ2v) is 4.45. The summed E-state index contributed by atoms with van der Waals surface area (Å²) >= 11 is 6.12. The van der Waals surface area contributed by atoms with Gasteiger partial charge in [-0.2, -0.15) is 0 Å². The third-order valence-corrected chi connectivity index (χ3v) is 3.12. The van der Waals surface area contributed by atoms with Crippen LogP contribution in [-0.2, 0) is 4.74 Å². The monoisotopic (exact) mass is 291 g/mol. The zero-order valence-corrected chi connectivity index (χ0v) is 11.7. The maximum Gasteiger partial charge on any atom is 0.271 e. The second-order valence-electron chi connectivity index (χ2n) is 4.05. The first-order valence-electron chi connectivity index (χ1n) is 6.04. The van der Waals surface area contributed by atoms with Crippen molar-refractivity contribution in [3.63, 3.8) is 0 Å². The van der Waals surface area contributed by atoms with Crippen molar-refractivity contribution in [3.8, 4) is 0 Å². The van der Waals surface area contributed by atoms with Crippen molar-refractivity contribution in [2.45, 2.75) is 6.10 Å². The molecule has 0 aliphatic heterocycles. The van der Waals surface area contributed by atoms with Crippen LogP contribution in [0.2, 0.25) is 5.02 Å². The highest BCUT2D eigenvalue weighted by Crippen LogP contribution is 2.24. The SMILES string of the molecule is COC(CNC(=O)c1cnccn1)c1ccccc1Cl. The summed E-state index contributed by atoms with van der Waals surface area (Å²) in [6, 6.07) is 7.37. The Morgan fingerprint density at radius 2 is 2.20 bits per heavy atom. The Kier molecular flexibility index (Phi) is 5.03. The molecule has 0 saturated carbocycles. The normalized spacial score (nSPS) is 11.9. The Labute approximate surface area is 122 Å². The maximum absolute atomic E-state index is 11.9. The first kappa shape index (κ1) is 14.4. The van der Waals surface area contributed by atoms with E-state index in [2.05, 4.69) is 15.3 Å². The van der Waals surface area contributed by atoms with Crippen molar-refractivity contribution in [3.05, 3.63) is 59.1 Å². The molecule has 2 rings (SSSR count). The lowest BCUT2D eigenvalue weighted by Gasteiger charge is -2.17. The fraction of sp³-hybridized carbons (Fsp3) is 0.214. The van der Waals surface area contributed by atoms with E-state index in [1.807, 2.05) is 18.2 Å². The number of ether oxygens (including phenoxy) is 1. The first-order chi connectivity index (χ1) is 9.72. The molecule has 1 atom stereocenters. The minimum atomic E-state index is -0.315. The van der Waals surface area contributed by atoms with Crippen LogP contribution < -0.4 is 5.32 Å². The summed E-state index contributed by atoms with van der Waals surface area (Å²) in [5, 5.41) is 3.36. The summed E-state index contributed by atoms with van der Waals surface area (Å²) in [6.45, 7) is 0.301. The summed E-state index contributed by atoms with van der Waals surface area (Å²) in [6.07, 6.45) is 4.08. The van der Waals surface area contributed by atoms with Crippen LogP contribution in [-0.4, -0.2) is 29.5 Å². The van der Waals surface area contributed by atoms with Crippen molar-refractivity contribution >= 4 is 17.5 Å². The number of hydrogen-bond acceptors (Lipinski definition) is 4. The molecule has 0 fully saturated rings. The van der Waals surface area contributed by atoms with Gasteiger partial charge in [0.1, 0.15) is 11.8 Å². The molecule has 20 heavy (non-hydrogen) atoms. The molecule has 1 aromatic heterocycles. The van der Waals surface area contributed by atoms with Crippen LogP contribution in [0.25, 0.3) is 0 Å². The number of hydrogen-bond donors (Lipinski definition) is 1. The lowest BCUT2D eigenvalue weighted by atomic mass is 10.1. The van der Waals surface area contributed by atoms with Gasteiger partial charge in [0.25, 0.3) is 5.91 Å². The maximum atomic E-state index is 11.9. The van der Waals surface area contributed by atoms with Crippen LogP contribution in [0.3, 0.4) is 0 Å². The Morgan fingerprint density at radius 3 is 2.85 bits per heavy atom. The van der Waals surface area contributed by atoms with E-state index in [0.29, 0.717) is 11.6 Å². The number of halogens is 1. The van der Waals surface area contributed by atoms with Gasteiger partial charge < -0.3 is 10.1 Å². The Bertz CT molecular complexity index is 578. The molecular formula is C14H14ClN3O2. The van der Waals surface area contributed by atoms with Gasteiger partial charge >= 0.3 is 0 Å². The number of carbonyl (C=O) groups is 1. The summed E-state index contributed by atoms with van der Waals surface area (Å²) in [5.74, 6) is -0.299. The zero-order chi connectivity index (χ0) is 14.4. The second kappa shape index (κ2) is 6.98. The number of methoxy groups -OCH3 is 1. The van der Waals surface area contributed by atoms with E-state index in [0.717, 1.165) is 5.56 Å². The molecule has 104 valence electrons. The van der Waals surface area contributed by atoms with Gasteiger partial charge in [0, 0.05) is 36.6 Å². The van der Waals surface area contributed by atoms with Gasteiger partial charge in [-0.15, -0.1) is 0 Å². The zero-order valence-electron chi connectivity index (χ0n) is 10.9. The van der Waals surface area contributed by atoms with E-state index < -0.39 is 0 Å². The number of carbonyl (C=O) groups excluding carboxylic acids is 1. The number of benzene rings is 1. The van der Waals surface area contributed by atoms with E-state index in [1.54, 1.807) is 13.2 Å². The van der Waals surface area contributed by atoms with Crippen molar-refractivity contribution in [1.29, 1.82) is 0 Å². The van der Waals surface area contributed by atoms with Crippen LogP contribution in [0.5, 0.6) is 0 Å². The Balaban J connectivity index is 2.02. The number of aromatic nitrogens is 2. The number of rotatable bonds is 5. The number of nitrogens with one attached hydrogen (secondary N) is 1. The van der Waals surface area contributed by atoms with E-state index in [9.17, 15) is 4.79 Å². The van der Waals surface area contributed by atoms with Crippen molar-refractivity contribution in [1.82, 2.24) is 15.3 Å². The van der Waals surface area contributed by atoms with E-state index >= 15 is 0 Å². The number of nitrogens with zero attached hydrogens (tertiary/aromatic N) is 2. The topological polar surface area (TPSA) is 64.1 Å². The average molecular weight is 292 g/mol. The summed E-state index contributed by atoms with van der Waals surface area (Å²) < 4.78 is 5.37. The summed E-state index contributed by atoms with van der Waals surface area (Å²) in [5.41, 5.74) is 1.10. The predicted octanol–water partition coefficient (Wildman–Crippen LogP) is 2.25. The van der Waals surface area contributed by atoms with Gasteiger partial charge in [-0.3, -0.25) is 9.78 Å². The predicted molar refractivity (Wildman–Crippen MR) is 75.6 cm³/mol. The molecule has 1 N–H and O–H groups in total.